The van der Waals surface area contributed by atoms with Crippen molar-refractivity contribution in [1.82, 2.24) is 15.2 Å². The summed E-state index contributed by atoms with van der Waals surface area (Å²) in [6.45, 7) is 8.98. The van der Waals surface area contributed by atoms with Crippen molar-refractivity contribution in [2.45, 2.75) is 32.4 Å². The highest BCUT2D eigenvalue weighted by Gasteiger charge is 2.23. The number of rotatable bonds is 2. The van der Waals surface area contributed by atoms with E-state index in [0.717, 1.165) is 25.2 Å². The molecule has 1 aliphatic heterocycles. The predicted molar refractivity (Wildman–Crippen MR) is 83.7 cm³/mol. The third-order valence-electron chi connectivity index (χ3n) is 3.95. The summed E-state index contributed by atoms with van der Waals surface area (Å²) in [5.74, 6) is 0. The third kappa shape index (κ3) is 3.17. The second-order valence-electron chi connectivity index (χ2n) is 6.41. The Balaban J connectivity index is 1.78. The highest BCUT2D eigenvalue weighted by atomic mass is 15.2. The SMILES string of the molecule is CC1(C)CN(Cc2ccc3ncccc3c2)CCCN1. The van der Waals surface area contributed by atoms with E-state index in [1.807, 2.05) is 12.3 Å². The molecule has 0 saturated carbocycles. The van der Waals surface area contributed by atoms with Gasteiger partial charge in [0.2, 0.25) is 0 Å². The van der Waals surface area contributed by atoms with Crippen LogP contribution in [0, 0.1) is 0 Å². The number of aromatic nitrogens is 1. The fourth-order valence-electron chi connectivity index (χ4n) is 3.04. The van der Waals surface area contributed by atoms with Crippen LogP contribution in [-0.2, 0) is 6.54 Å². The summed E-state index contributed by atoms with van der Waals surface area (Å²) in [4.78, 5) is 6.94. The topological polar surface area (TPSA) is 28.2 Å². The molecule has 2 aromatic rings. The van der Waals surface area contributed by atoms with Crippen LogP contribution in [0.2, 0.25) is 0 Å². The summed E-state index contributed by atoms with van der Waals surface area (Å²) in [6.07, 6.45) is 3.07. The number of pyridine rings is 1. The van der Waals surface area contributed by atoms with Gasteiger partial charge in [0.25, 0.3) is 0 Å². The minimum Gasteiger partial charge on any atom is -0.310 e. The third-order valence-corrected chi connectivity index (χ3v) is 3.95. The summed E-state index contributed by atoms with van der Waals surface area (Å²) in [5.41, 5.74) is 2.66. The lowest BCUT2D eigenvalue weighted by molar-refractivity contribution is 0.224. The van der Waals surface area contributed by atoms with Crippen molar-refractivity contribution in [2.24, 2.45) is 0 Å². The van der Waals surface area contributed by atoms with Crippen LogP contribution in [0.25, 0.3) is 10.9 Å². The first-order chi connectivity index (χ1) is 9.62. The molecule has 1 aromatic carbocycles. The maximum Gasteiger partial charge on any atom is 0.0702 e. The van der Waals surface area contributed by atoms with E-state index in [1.165, 1.54) is 23.9 Å². The van der Waals surface area contributed by atoms with Crippen molar-refractivity contribution < 1.29 is 0 Å². The predicted octanol–water partition coefficient (Wildman–Crippen LogP) is 2.81. The van der Waals surface area contributed by atoms with Crippen molar-refractivity contribution in [3.05, 3.63) is 42.1 Å². The zero-order chi connectivity index (χ0) is 14.0. The highest BCUT2D eigenvalue weighted by molar-refractivity contribution is 5.78. The monoisotopic (exact) mass is 269 g/mol. The van der Waals surface area contributed by atoms with Gasteiger partial charge in [0.05, 0.1) is 5.52 Å². The van der Waals surface area contributed by atoms with Crippen LogP contribution >= 0.6 is 0 Å². The normalized spacial score (nSPS) is 19.9. The van der Waals surface area contributed by atoms with Crippen molar-refractivity contribution in [3.63, 3.8) is 0 Å². The Labute approximate surface area is 121 Å². The van der Waals surface area contributed by atoms with Gasteiger partial charge in [-0.25, -0.2) is 0 Å². The average Bonchev–Trinajstić information content (AvgIpc) is 2.59. The Morgan fingerprint density at radius 1 is 1.30 bits per heavy atom. The quantitative estimate of drug-likeness (QED) is 0.908. The molecule has 1 fully saturated rings. The van der Waals surface area contributed by atoms with Crippen molar-refractivity contribution in [1.29, 1.82) is 0 Å². The van der Waals surface area contributed by atoms with Gasteiger partial charge in [-0.15, -0.1) is 0 Å². The molecular weight excluding hydrogens is 246 g/mol. The molecule has 0 atom stereocenters. The van der Waals surface area contributed by atoms with Crippen LogP contribution in [0.15, 0.2) is 36.5 Å². The van der Waals surface area contributed by atoms with Gasteiger partial charge >= 0.3 is 0 Å². The highest BCUT2D eigenvalue weighted by Crippen LogP contribution is 2.17. The van der Waals surface area contributed by atoms with Gasteiger partial charge < -0.3 is 5.32 Å². The van der Waals surface area contributed by atoms with Crippen molar-refractivity contribution in [2.75, 3.05) is 19.6 Å². The first-order valence-electron chi connectivity index (χ1n) is 7.43. The van der Waals surface area contributed by atoms with Gasteiger partial charge in [-0.05, 0) is 57.1 Å². The molecule has 0 radical (unpaired) electrons. The number of fused-ring (bicyclic) bond motifs is 1. The molecule has 3 rings (SSSR count). The summed E-state index contributed by atoms with van der Waals surface area (Å²) in [6, 6.07) is 10.8. The molecule has 1 aliphatic rings. The number of hydrogen-bond acceptors (Lipinski definition) is 3. The number of nitrogens with one attached hydrogen (secondary N) is 1. The Morgan fingerprint density at radius 3 is 3.10 bits per heavy atom. The fraction of sp³-hybridized carbons (Fsp3) is 0.471. The lowest BCUT2D eigenvalue weighted by Gasteiger charge is -2.30. The molecule has 3 heteroatoms. The molecule has 20 heavy (non-hydrogen) atoms. The number of benzene rings is 1. The largest absolute Gasteiger partial charge is 0.310 e. The molecular formula is C17H23N3. The zero-order valence-electron chi connectivity index (χ0n) is 12.4. The lowest BCUT2D eigenvalue weighted by atomic mass is 10.0. The van der Waals surface area contributed by atoms with Crippen LogP contribution in [0.4, 0.5) is 0 Å². The van der Waals surface area contributed by atoms with E-state index in [9.17, 15) is 0 Å². The first kappa shape index (κ1) is 13.5. The maximum atomic E-state index is 4.38. The summed E-state index contributed by atoms with van der Waals surface area (Å²) >= 11 is 0. The van der Waals surface area contributed by atoms with Crippen molar-refractivity contribution in [3.8, 4) is 0 Å². The van der Waals surface area contributed by atoms with E-state index < -0.39 is 0 Å². The van der Waals surface area contributed by atoms with E-state index in [1.54, 1.807) is 0 Å². The molecule has 2 heterocycles. The van der Waals surface area contributed by atoms with Gasteiger partial charge in [0.1, 0.15) is 0 Å². The number of nitrogens with zero attached hydrogens (tertiary/aromatic N) is 2. The molecule has 0 amide bonds. The molecule has 1 aromatic heterocycles. The average molecular weight is 269 g/mol. The zero-order valence-corrected chi connectivity index (χ0v) is 12.4. The van der Waals surface area contributed by atoms with Crippen LogP contribution in [-0.4, -0.2) is 35.1 Å². The van der Waals surface area contributed by atoms with Gasteiger partial charge in [-0.1, -0.05) is 12.1 Å². The smallest absolute Gasteiger partial charge is 0.0702 e. The summed E-state index contributed by atoms with van der Waals surface area (Å²) in [5, 5.41) is 4.85. The molecule has 1 N–H and O–H groups in total. The number of hydrogen-bond donors (Lipinski definition) is 1. The molecule has 0 bridgehead atoms. The molecule has 106 valence electrons. The van der Waals surface area contributed by atoms with Crippen LogP contribution in [0.3, 0.4) is 0 Å². The van der Waals surface area contributed by atoms with Crippen LogP contribution in [0.1, 0.15) is 25.8 Å². The van der Waals surface area contributed by atoms with E-state index in [0.29, 0.717) is 0 Å². The van der Waals surface area contributed by atoms with E-state index >= 15 is 0 Å². The summed E-state index contributed by atoms with van der Waals surface area (Å²) < 4.78 is 0. The maximum absolute atomic E-state index is 4.38. The van der Waals surface area contributed by atoms with Crippen LogP contribution < -0.4 is 5.32 Å². The van der Waals surface area contributed by atoms with E-state index in [4.69, 9.17) is 0 Å². The Hall–Kier alpha value is -1.45. The fourth-order valence-corrected chi connectivity index (χ4v) is 3.04. The second kappa shape index (κ2) is 5.51. The Bertz CT molecular complexity index is 592. The first-order valence-corrected chi connectivity index (χ1v) is 7.43. The Kier molecular flexibility index (Phi) is 3.72. The van der Waals surface area contributed by atoms with Gasteiger partial charge in [0, 0.05) is 30.2 Å². The molecule has 0 aliphatic carbocycles. The molecule has 0 unspecified atom stereocenters. The Morgan fingerprint density at radius 2 is 2.20 bits per heavy atom. The molecule has 0 spiro atoms. The standard InChI is InChI=1S/C17H23N3/c1-17(2)13-20(10-4-9-19-17)12-14-6-7-16-15(11-14)5-3-8-18-16/h3,5-8,11,19H,4,9-10,12-13H2,1-2H3. The van der Waals surface area contributed by atoms with E-state index in [-0.39, 0.29) is 5.54 Å². The van der Waals surface area contributed by atoms with Gasteiger partial charge in [0.15, 0.2) is 0 Å². The van der Waals surface area contributed by atoms with Crippen LogP contribution in [0.5, 0.6) is 0 Å². The molecule has 1 saturated heterocycles. The second-order valence-corrected chi connectivity index (χ2v) is 6.41. The van der Waals surface area contributed by atoms with Gasteiger partial charge in [-0.2, -0.15) is 0 Å². The summed E-state index contributed by atoms with van der Waals surface area (Å²) in [7, 11) is 0. The van der Waals surface area contributed by atoms with Crippen molar-refractivity contribution >= 4 is 10.9 Å². The lowest BCUT2D eigenvalue weighted by Crippen LogP contribution is -2.46. The van der Waals surface area contributed by atoms with E-state index in [2.05, 4.69) is 53.3 Å². The minimum absolute atomic E-state index is 0.203. The van der Waals surface area contributed by atoms with Gasteiger partial charge in [-0.3, -0.25) is 9.88 Å². The molecule has 3 nitrogen and oxygen atoms in total. The minimum atomic E-state index is 0.203.